The SMILES string of the molecule is CC(C)c1ccc(/C=C/C(=O)OCC(=O)N(C)c2ccccc2)cc1. The number of carbonyl (C=O) groups excluding carboxylic acids is 2. The van der Waals surface area contributed by atoms with Crippen molar-refractivity contribution in [2.24, 2.45) is 0 Å². The van der Waals surface area contributed by atoms with Gasteiger partial charge in [-0.2, -0.15) is 0 Å². The van der Waals surface area contributed by atoms with E-state index in [2.05, 4.69) is 13.8 Å². The topological polar surface area (TPSA) is 46.6 Å². The lowest BCUT2D eigenvalue weighted by Gasteiger charge is -2.16. The van der Waals surface area contributed by atoms with Gasteiger partial charge in [-0.25, -0.2) is 4.79 Å². The number of hydrogen-bond acceptors (Lipinski definition) is 3. The first-order valence-corrected chi connectivity index (χ1v) is 8.24. The van der Waals surface area contributed by atoms with E-state index in [-0.39, 0.29) is 12.5 Å². The molecule has 4 heteroatoms. The Bertz CT molecular complexity index is 733. The number of para-hydroxylation sites is 1. The van der Waals surface area contributed by atoms with Crippen LogP contribution in [0.5, 0.6) is 0 Å². The molecule has 0 heterocycles. The van der Waals surface area contributed by atoms with Crippen LogP contribution in [0.2, 0.25) is 0 Å². The molecule has 0 N–H and O–H groups in total. The van der Waals surface area contributed by atoms with E-state index in [9.17, 15) is 9.59 Å². The molecule has 25 heavy (non-hydrogen) atoms. The van der Waals surface area contributed by atoms with Crippen molar-refractivity contribution >= 4 is 23.6 Å². The molecule has 0 aliphatic carbocycles. The molecule has 2 rings (SSSR count). The maximum Gasteiger partial charge on any atom is 0.331 e. The van der Waals surface area contributed by atoms with Gasteiger partial charge in [0.1, 0.15) is 0 Å². The van der Waals surface area contributed by atoms with Crippen LogP contribution in [0.1, 0.15) is 30.9 Å². The van der Waals surface area contributed by atoms with Gasteiger partial charge in [-0.3, -0.25) is 4.79 Å². The van der Waals surface area contributed by atoms with E-state index in [1.54, 1.807) is 13.1 Å². The van der Waals surface area contributed by atoms with Crippen LogP contribution in [-0.2, 0) is 14.3 Å². The molecular weight excluding hydrogens is 314 g/mol. The van der Waals surface area contributed by atoms with E-state index < -0.39 is 5.97 Å². The van der Waals surface area contributed by atoms with E-state index in [1.165, 1.54) is 16.5 Å². The van der Waals surface area contributed by atoms with Gasteiger partial charge in [-0.1, -0.05) is 56.3 Å². The molecule has 0 unspecified atom stereocenters. The Morgan fingerprint density at radius 1 is 1.04 bits per heavy atom. The fraction of sp³-hybridized carbons (Fsp3) is 0.238. The Morgan fingerprint density at radius 3 is 2.28 bits per heavy atom. The zero-order valence-corrected chi connectivity index (χ0v) is 14.8. The Balaban J connectivity index is 1.84. The van der Waals surface area contributed by atoms with Crippen molar-refractivity contribution in [1.82, 2.24) is 0 Å². The molecule has 0 fully saturated rings. The number of ether oxygens (including phenoxy) is 1. The minimum absolute atomic E-state index is 0.283. The monoisotopic (exact) mass is 337 g/mol. The number of hydrogen-bond donors (Lipinski definition) is 0. The summed E-state index contributed by atoms with van der Waals surface area (Å²) in [5, 5.41) is 0. The highest BCUT2D eigenvalue weighted by Gasteiger charge is 2.12. The number of benzene rings is 2. The molecule has 0 saturated carbocycles. The first-order chi connectivity index (χ1) is 12.0. The molecule has 0 saturated heterocycles. The Kier molecular flexibility index (Phi) is 6.52. The van der Waals surface area contributed by atoms with Gasteiger partial charge in [-0.15, -0.1) is 0 Å². The van der Waals surface area contributed by atoms with Crippen LogP contribution in [0, 0.1) is 0 Å². The Labute approximate surface area is 148 Å². The van der Waals surface area contributed by atoms with Gasteiger partial charge in [0.25, 0.3) is 5.91 Å². The average molecular weight is 337 g/mol. The molecule has 2 aromatic carbocycles. The third-order valence-corrected chi connectivity index (χ3v) is 3.87. The number of likely N-dealkylation sites (N-methyl/N-ethyl adjacent to an activating group) is 1. The second-order valence-corrected chi connectivity index (χ2v) is 6.05. The quantitative estimate of drug-likeness (QED) is 0.590. The Hall–Kier alpha value is -2.88. The first kappa shape index (κ1) is 18.5. The standard InChI is InChI=1S/C21H23NO3/c1-16(2)18-12-9-17(10-13-18)11-14-21(24)25-15-20(23)22(3)19-7-5-4-6-8-19/h4-14,16H,15H2,1-3H3/b14-11+. The fourth-order valence-electron chi connectivity index (χ4n) is 2.23. The third-order valence-electron chi connectivity index (χ3n) is 3.87. The second kappa shape index (κ2) is 8.83. The first-order valence-electron chi connectivity index (χ1n) is 8.24. The van der Waals surface area contributed by atoms with Crippen molar-refractivity contribution in [3.63, 3.8) is 0 Å². The highest BCUT2D eigenvalue weighted by Crippen LogP contribution is 2.15. The highest BCUT2D eigenvalue weighted by atomic mass is 16.5. The van der Waals surface area contributed by atoms with Gasteiger partial charge in [0.15, 0.2) is 6.61 Å². The van der Waals surface area contributed by atoms with Crippen LogP contribution in [0.15, 0.2) is 60.7 Å². The number of esters is 1. The zero-order valence-electron chi connectivity index (χ0n) is 14.8. The number of anilines is 1. The zero-order chi connectivity index (χ0) is 18.2. The molecule has 0 aliphatic rings. The predicted octanol–water partition coefficient (Wildman–Crippen LogP) is 4.03. The summed E-state index contributed by atoms with van der Waals surface area (Å²) in [7, 11) is 1.65. The number of amides is 1. The number of rotatable bonds is 6. The van der Waals surface area contributed by atoms with Crippen molar-refractivity contribution in [3.05, 3.63) is 71.8 Å². The van der Waals surface area contributed by atoms with E-state index in [0.29, 0.717) is 5.92 Å². The maximum atomic E-state index is 12.0. The molecule has 4 nitrogen and oxygen atoms in total. The Morgan fingerprint density at radius 2 is 1.68 bits per heavy atom. The smallest absolute Gasteiger partial charge is 0.331 e. The number of carbonyl (C=O) groups is 2. The van der Waals surface area contributed by atoms with Crippen LogP contribution in [0.25, 0.3) is 6.08 Å². The van der Waals surface area contributed by atoms with Crippen LogP contribution >= 0.6 is 0 Å². The molecule has 130 valence electrons. The molecule has 1 amide bonds. The number of nitrogens with zero attached hydrogens (tertiary/aromatic N) is 1. The minimum Gasteiger partial charge on any atom is -0.452 e. The average Bonchev–Trinajstić information content (AvgIpc) is 2.64. The van der Waals surface area contributed by atoms with Crippen LogP contribution in [-0.4, -0.2) is 25.5 Å². The molecule has 0 aliphatic heterocycles. The lowest BCUT2D eigenvalue weighted by Crippen LogP contribution is -2.30. The summed E-state index contributed by atoms with van der Waals surface area (Å²) in [6, 6.07) is 17.2. The highest BCUT2D eigenvalue weighted by molar-refractivity contribution is 5.96. The van der Waals surface area contributed by atoms with Crippen molar-refractivity contribution in [2.75, 3.05) is 18.6 Å². The molecule has 2 aromatic rings. The van der Waals surface area contributed by atoms with Gasteiger partial charge >= 0.3 is 5.97 Å². The lowest BCUT2D eigenvalue weighted by molar-refractivity contribution is -0.142. The maximum absolute atomic E-state index is 12.0. The molecule has 0 bridgehead atoms. The van der Waals surface area contributed by atoms with Crippen molar-refractivity contribution in [3.8, 4) is 0 Å². The summed E-state index contributed by atoms with van der Waals surface area (Å²) < 4.78 is 5.01. The van der Waals surface area contributed by atoms with E-state index in [4.69, 9.17) is 4.74 Å². The largest absolute Gasteiger partial charge is 0.452 e. The summed E-state index contributed by atoms with van der Waals surface area (Å²) in [6.07, 6.45) is 3.01. The summed E-state index contributed by atoms with van der Waals surface area (Å²) in [4.78, 5) is 25.3. The summed E-state index contributed by atoms with van der Waals surface area (Å²) in [5.74, 6) is -0.354. The van der Waals surface area contributed by atoms with E-state index >= 15 is 0 Å². The second-order valence-electron chi connectivity index (χ2n) is 6.05. The molecule has 0 atom stereocenters. The fourth-order valence-corrected chi connectivity index (χ4v) is 2.23. The lowest BCUT2D eigenvalue weighted by atomic mass is 10.0. The van der Waals surface area contributed by atoms with Crippen molar-refractivity contribution in [2.45, 2.75) is 19.8 Å². The van der Waals surface area contributed by atoms with Gasteiger partial charge < -0.3 is 9.64 Å². The molecule has 0 aromatic heterocycles. The normalized spacial score (nSPS) is 10.9. The molecular formula is C21H23NO3. The minimum atomic E-state index is -0.539. The van der Waals surface area contributed by atoms with Crippen LogP contribution < -0.4 is 4.90 Å². The summed E-state index contributed by atoms with van der Waals surface area (Å²) >= 11 is 0. The van der Waals surface area contributed by atoms with E-state index in [0.717, 1.165) is 11.3 Å². The van der Waals surface area contributed by atoms with Gasteiger partial charge in [-0.05, 0) is 35.3 Å². The predicted molar refractivity (Wildman–Crippen MR) is 100 cm³/mol. The van der Waals surface area contributed by atoms with E-state index in [1.807, 2.05) is 54.6 Å². The van der Waals surface area contributed by atoms with Crippen LogP contribution in [0.4, 0.5) is 5.69 Å². The summed E-state index contributed by atoms with van der Waals surface area (Å²) in [6.45, 7) is 3.97. The van der Waals surface area contributed by atoms with Gasteiger partial charge in [0.05, 0.1) is 0 Å². The third kappa shape index (κ3) is 5.60. The van der Waals surface area contributed by atoms with Crippen molar-refractivity contribution < 1.29 is 14.3 Å². The summed E-state index contributed by atoms with van der Waals surface area (Å²) in [5.41, 5.74) is 2.91. The van der Waals surface area contributed by atoms with Gasteiger partial charge in [0, 0.05) is 18.8 Å². The van der Waals surface area contributed by atoms with Crippen molar-refractivity contribution in [1.29, 1.82) is 0 Å². The van der Waals surface area contributed by atoms with Crippen LogP contribution in [0.3, 0.4) is 0 Å². The molecule has 0 spiro atoms. The van der Waals surface area contributed by atoms with Gasteiger partial charge in [0.2, 0.25) is 0 Å². The molecule has 0 radical (unpaired) electrons.